The van der Waals surface area contributed by atoms with E-state index >= 15 is 0 Å². The molecule has 18 heavy (non-hydrogen) atoms. The Labute approximate surface area is 115 Å². The zero-order valence-electron chi connectivity index (χ0n) is 12.1. The lowest BCUT2D eigenvalue weighted by Gasteiger charge is -2.23. The van der Waals surface area contributed by atoms with E-state index in [9.17, 15) is 0 Å². The number of anilines is 1. The fourth-order valence-corrected chi connectivity index (χ4v) is 2.91. The highest BCUT2D eigenvalue weighted by Gasteiger charge is 2.14. The third kappa shape index (κ3) is 4.23. The topological polar surface area (TPSA) is 45.4 Å². The molecule has 0 amide bonds. The van der Waals surface area contributed by atoms with Crippen LogP contribution in [-0.2, 0) is 13.0 Å². The number of likely N-dealkylation sites (N-methyl/N-ethyl adjacent to an activating group) is 1. The molecule has 0 aliphatic heterocycles. The first-order chi connectivity index (χ1) is 8.62. The highest BCUT2D eigenvalue weighted by Crippen LogP contribution is 2.26. The van der Waals surface area contributed by atoms with E-state index in [1.165, 1.54) is 10.6 Å². The maximum atomic E-state index is 5.78. The van der Waals surface area contributed by atoms with Crippen molar-refractivity contribution in [3.05, 3.63) is 10.6 Å². The summed E-state index contributed by atoms with van der Waals surface area (Å²) in [6.07, 6.45) is 2.11. The van der Waals surface area contributed by atoms with Crippen LogP contribution in [0.25, 0.3) is 0 Å². The molecule has 0 saturated heterocycles. The van der Waals surface area contributed by atoms with Gasteiger partial charge in [-0.2, -0.15) is 0 Å². The van der Waals surface area contributed by atoms with Crippen molar-refractivity contribution < 1.29 is 0 Å². The summed E-state index contributed by atoms with van der Waals surface area (Å²) in [5, 5.41) is 1.14. The van der Waals surface area contributed by atoms with Crippen LogP contribution < -0.4 is 10.6 Å². The van der Waals surface area contributed by atoms with Gasteiger partial charge < -0.3 is 15.5 Å². The molecule has 0 aromatic carbocycles. The molecule has 4 nitrogen and oxygen atoms in total. The lowest BCUT2D eigenvalue weighted by atomic mass is 10.3. The average molecular weight is 270 g/mol. The number of hydrogen-bond acceptors (Lipinski definition) is 5. The Kier molecular flexibility index (Phi) is 6.60. The van der Waals surface area contributed by atoms with Gasteiger partial charge in [-0.1, -0.05) is 13.8 Å². The molecular weight excluding hydrogens is 244 g/mol. The summed E-state index contributed by atoms with van der Waals surface area (Å²) in [7, 11) is 4.21. The number of nitrogens with two attached hydrogens (primary N) is 1. The van der Waals surface area contributed by atoms with Crippen molar-refractivity contribution >= 4 is 16.5 Å². The van der Waals surface area contributed by atoms with Crippen molar-refractivity contribution in [2.24, 2.45) is 5.73 Å². The van der Waals surface area contributed by atoms with Crippen LogP contribution >= 0.6 is 11.3 Å². The zero-order valence-corrected chi connectivity index (χ0v) is 12.9. The third-order valence-electron chi connectivity index (χ3n) is 2.87. The van der Waals surface area contributed by atoms with E-state index in [2.05, 4.69) is 37.7 Å². The lowest BCUT2D eigenvalue weighted by molar-refractivity contribution is 0.413. The number of hydrogen-bond donors (Lipinski definition) is 1. The quantitative estimate of drug-likeness (QED) is 0.784. The maximum Gasteiger partial charge on any atom is 0.185 e. The summed E-state index contributed by atoms with van der Waals surface area (Å²) in [6.45, 7) is 8.10. The van der Waals surface area contributed by atoms with Gasteiger partial charge in [-0.25, -0.2) is 4.98 Å². The first-order valence-corrected chi connectivity index (χ1v) is 7.52. The van der Waals surface area contributed by atoms with E-state index in [0.29, 0.717) is 6.54 Å². The van der Waals surface area contributed by atoms with Gasteiger partial charge in [0.05, 0.1) is 5.69 Å². The summed E-state index contributed by atoms with van der Waals surface area (Å²) in [6, 6.07) is 0. The Morgan fingerprint density at radius 1 is 1.17 bits per heavy atom. The summed E-state index contributed by atoms with van der Waals surface area (Å²) in [5.41, 5.74) is 6.95. The molecule has 0 fully saturated rings. The van der Waals surface area contributed by atoms with Gasteiger partial charge in [-0.15, -0.1) is 11.3 Å². The number of rotatable bonds is 8. The molecule has 2 N–H and O–H groups in total. The van der Waals surface area contributed by atoms with Gasteiger partial charge in [0, 0.05) is 31.1 Å². The molecule has 0 aliphatic carbocycles. The predicted molar refractivity (Wildman–Crippen MR) is 80.4 cm³/mol. The Morgan fingerprint density at radius 2 is 1.89 bits per heavy atom. The van der Waals surface area contributed by atoms with Crippen LogP contribution in [-0.4, -0.2) is 43.6 Å². The molecular formula is C13H26N4S. The monoisotopic (exact) mass is 270 g/mol. The van der Waals surface area contributed by atoms with Gasteiger partial charge in [-0.05, 0) is 26.9 Å². The minimum atomic E-state index is 0.606. The highest BCUT2D eigenvalue weighted by molar-refractivity contribution is 7.15. The number of nitrogens with zero attached hydrogens (tertiary/aromatic N) is 3. The van der Waals surface area contributed by atoms with E-state index in [4.69, 9.17) is 10.7 Å². The van der Waals surface area contributed by atoms with Crippen molar-refractivity contribution in [1.29, 1.82) is 0 Å². The number of aryl methyl sites for hydroxylation is 1. The average Bonchev–Trinajstić information content (AvgIpc) is 2.77. The number of thiazole rings is 1. The standard InChI is InChI=1S/C13H26N4S/c1-5-7-17(9-8-16(3)4)13-15-11(6-2)12(10-14)18-13/h5-10,14H2,1-4H3. The summed E-state index contributed by atoms with van der Waals surface area (Å²) < 4.78 is 0. The van der Waals surface area contributed by atoms with Crippen LogP contribution in [0.3, 0.4) is 0 Å². The number of aromatic nitrogens is 1. The highest BCUT2D eigenvalue weighted by atomic mass is 32.1. The zero-order chi connectivity index (χ0) is 13.5. The van der Waals surface area contributed by atoms with Crippen LogP contribution in [0.1, 0.15) is 30.8 Å². The molecule has 0 bridgehead atoms. The normalized spacial score (nSPS) is 11.2. The van der Waals surface area contributed by atoms with E-state index < -0.39 is 0 Å². The molecule has 1 rings (SSSR count). The smallest absolute Gasteiger partial charge is 0.185 e. The van der Waals surface area contributed by atoms with Crippen LogP contribution in [0.2, 0.25) is 0 Å². The van der Waals surface area contributed by atoms with E-state index in [-0.39, 0.29) is 0 Å². The molecule has 0 spiro atoms. The van der Waals surface area contributed by atoms with Crippen LogP contribution in [0.15, 0.2) is 0 Å². The van der Waals surface area contributed by atoms with Crippen molar-refractivity contribution in [3.63, 3.8) is 0 Å². The molecule has 1 heterocycles. The molecule has 0 unspecified atom stereocenters. The van der Waals surface area contributed by atoms with Gasteiger partial charge in [0.2, 0.25) is 0 Å². The minimum Gasteiger partial charge on any atom is -0.347 e. The fourth-order valence-electron chi connectivity index (χ4n) is 1.83. The molecule has 1 aromatic heterocycles. The van der Waals surface area contributed by atoms with Crippen molar-refractivity contribution in [3.8, 4) is 0 Å². The Bertz CT molecular complexity index is 327. The second kappa shape index (κ2) is 7.71. The van der Waals surface area contributed by atoms with E-state index in [0.717, 1.165) is 37.6 Å². The van der Waals surface area contributed by atoms with Gasteiger partial charge in [-0.3, -0.25) is 0 Å². The van der Waals surface area contributed by atoms with Gasteiger partial charge >= 0.3 is 0 Å². The Balaban J connectivity index is 2.80. The predicted octanol–water partition coefficient (Wildman–Crippen LogP) is 1.94. The molecule has 0 aliphatic rings. The molecule has 0 saturated carbocycles. The maximum absolute atomic E-state index is 5.78. The van der Waals surface area contributed by atoms with E-state index in [1.54, 1.807) is 11.3 Å². The molecule has 0 radical (unpaired) electrons. The van der Waals surface area contributed by atoms with Crippen LogP contribution in [0.5, 0.6) is 0 Å². The lowest BCUT2D eigenvalue weighted by Crippen LogP contribution is -2.32. The Morgan fingerprint density at radius 3 is 2.33 bits per heavy atom. The summed E-state index contributed by atoms with van der Waals surface area (Å²) in [4.78, 5) is 10.6. The van der Waals surface area contributed by atoms with E-state index in [1.807, 2.05) is 0 Å². The molecule has 0 atom stereocenters. The van der Waals surface area contributed by atoms with Crippen LogP contribution in [0, 0.1) is 0 Å². The van der Waals surface area contributed by atoms with Crippen molar-refractivity contribution in [1.82, 2.24) is 9.88 Å². The van der Waals surface area contributed by atoms with Crippen molar-refractivity contribution in [2.45, 2.75) is 33.2 Å². The second-order valence-electron chi connectivity index (χ2n) is 4.71. The van der Waals surface area contributed by atoms with Crippen LogP contribution in [0.4, 0.5) is 5.13 Å². The first kappa shape index (κ1) is 15.4. The SMILES string of the molecule is CCCN(CCN(C)C)c1nc(CC)c(CN)s1. The molecule has 5 heteroatoms. The van der Waals surface area contributed by atoms with Gasteiger partial charge in [0.15, 0.2) is 5.13 Å². The fraction of sp³-hybridized carbons (Fsp3) is 0.769. The first-order valence-electron chi connectivity index (χ1n) is 6.70. The summed E-state index contributed by atoms with van der Waals surface area (Å²) in [5.74, 6) is 0. The minimum absolute atomic E-state index is 0.606. The Hall–Kier alpha value is -0.650. The second-order valence-corrected chi connectivity index (χ2v) is 5.78. The molecule has 1 aromatic rings. The largest absolute Gasteiger partial charge is 0.347 e. The van der Waals surface area contributed by atoms with Gasteiger partial charge in [0.1, 0.15) is 0 Å². The van der Waals surface area contributed by atoms with Crippen molar-refractivity contribution in [2.75, 3.05) is 38.6 Å². The van der Waals surface area contributed by atoms with Gasteiger partial charge in [0.25, 0.3) is 0 Å². The third-order valence-corrected chi connectivity index (χ3v) is 4.05. The molecule has 104 valence electrons. The summed E-state index contributed by atoms with van der Waals surface area (Å²) >= 11 is 1.76.